The first-order valence-corrected chi connectivity index (χ1v) is 5.84. The predicted octanol–water partition coefficient (Wildman–Crippen LogP) is 1.73. The SMILES string of the molecule is COc1ccc([C@H](O)C2CCNCC2)cc1. The number of aliphatic hydroxyl groups excluding tert-OH is 1. The Morgan fingerprint density at radius 2 is 1.88 bits per heavy atom. The van der Waals surface area contributed by atoms with Gasteiger partial charge in [0.05, 0.1) is 13.2 Å². The Morgan fingerprint density at radius 1 is 1.25 bits per heavy atom. The molecule has 0 spiro atoms. The molecule has 2 N–H and O–H groups in total. The van der Waals surface area contributed by atoms with Gasteiger partial charge < -0.3 is 15.2 Å². The molecule has 1 fully saturated rings. The molecule has 0 saturated carbocycles. The van der Waals surface area contributed by atoms with Crippen molar-refractivity contribution in [3.63, 3.8) is 0 Å². The minimum Gasteiger partial charge on any atom is -0.497 e. The minimum atomic E-state index is -0.340. The summed E-state index contributed by atoms with van der Waals surface area (Å²) in [5.41, 5.74) is 0.993. The number of nitrogens with one attached hydrogen (secondary N) is 1. The lowest BCUT2D eigenvalue weighted by Crippen LogP contribution is -2.30. The van der Waals surface area contributed by atoms with Gasteiger partial charge in [-0.15, -0.1) is 0 Å². The van der Waals surface area contributed by atoms with Gasteiger partial charge in [0, 0.05) is 0 Å². The Labute approximate surface area is 96.4 Å². The molecule has 0 aromatic heterocycles. The van der Waals surface area contributed by atoms with E-state index in [4.69, 9.17) is 4.74 Å². The Balaban J connectivity index is 2.04. The number of hydrogen-bond acceptors (Lipinski definition) is 3. The molecule has 88 valence electrons. The van der Waals surface area contributed by atoms with Crippen LogP contribution in [0, 0.1) is 5.92 Å². The standard InChI is InChI=1S/C13H19NO2/c1-16-12-4-2-10(3-5-12)13(15)11-6-8-14-9-7-11/h2-5,11,13-15H,6-9H2,1H3/t13-/m0/s1. The predicted molar refractivity (Wildman–Crippen MR) is 63.5 cm³/mol. The van der Waals surface area contributed by atoms with Crippen LogP contribution in [0.4, 0.5) is 0 Å². The van der Waals surface area contributed by atoms with E-state index in [1.807, 2.05) is 24.3 Å². The van der Waals surface area contributed by atoms with E-state index in [2.05, 4.69) is 5.32 Å². The van der Waals surface area contributed by atoms with Crippen LogP contribution in [0.15, 0.2) is 24.3 Å². The smallest absolute Gasteiger partial charge is 0.118 e. The molecule has 1 aliphatic heterocycles. The summed E-state index contributed by atoms with van der Waals surface area (Å²) >= 11 is 0. The van der Waals surface area contributed by atoms with E-state index in [0.717, 1.165) is 37.2 Å². The molecule has 1 heterocycles. The summed E-state index contributed by atoms with van der Waals surface area (Å²) in [6.45, 7) is 2.02. The summed E-state index contributed by atoms with van der Waals surface area (Å²) < 4.78 is 5.10. The maximum Gasteiger partial charge on any atom is 0.118 e. The van der Waals surface area contributed by atoms with Crippen LogP contribution in [0.3, 0.4) is 0 Å². The van der Waals surface area contributed by atoms with Crippen molar-refractivity contribution in [1.82, 2.24) is 5.32 Å². The zero-order valence-electron chi connectivity index (χ0n) is 9.65. The molecule has 3 heteroatoms. The van der Waals surface area contributed by atoms with Crippen molar-refractivity contribution in [2.24, 2.45) is 5.92 Å². The van der Waals surface area contributed by atoms with Crippen LogP contribution in [0.2, 0.25) is 0 Å². The molecule has 0 unspecified atom stereocenters. The summed E-state index contributed by atoms with van der Waals surface area (Å²) in [7, 11) is 1.65. The topological polar surface area (TPSA) is 41.5 Å². The molecule has 1 atom stereocenters. The maximum atomic E-state index is 10.2. The largest absolute Gasteiger partial charge is 0.497 e. The molecular formula is C13H19NO2. The average Bonchev–Trinajstić information content (AvgIpc) is 2.39. The highest BCUT2D eigenvalue weighted by atomic mass is 16.5. The highest BCUT2D eigenvalue weighted by Gasteiger charge is 2.22. The number of ether oxygens (including phenoxy) is 1. The van der Waals surface area contributed by atoms with Crippen LogP contribution in [-0.2, 0) is 0 Å². The van der Waals surface area contributed by atoms with Gasteiger partial charge in [-0.05, 0) is 49.5 Å². The van der Waals surface area contributed by atoms with Gasteiger partial charge in [0.1, 0.15) is 5.75 Å². The first kappa shape index (κ1) is 11.4. The molecule has 0 bridgehead atoms. The summed E-state index contributed by atoms with van der Waals surface area (Å²) in [6, 6.07) is 7.70. The number of hydrogen-bond donors (Lipinski definition) is 2. The van der Waals surface area contributed by atoms with Crippen molar-refractivity contribution >= 4 is 0 Å². The summed E-state index contributed by atoms with van der Waals surface area (Å²) in [5, 5.41) is 13.5. The van der Waals surface area contributed by atoms with E-state index in [-0.39, 0.29) is 6.10 Å². The number of piperidine rings is 1. The summed E-state index contributed by atoms with van der Waals surface area (Å²) in [4.78, 5) is 0. The Hall–Kier alpha value is -1.06. The van der Waals surface area contributed by atoms with Gasteiger partial charge in [-0.2, -0.15) is 0 Å². The van der Waals surface area contributed by atoms with Crippen molar-refractivity contribution < 1.29 is 9.84 Å². The molecule has 1 aromatic carbocycles. The molecule has 2 rings (SSSR count). The Bertz CT molecular complexity index is 317. The van der Waals surface area contributed by atoms with E-state index >= 15 is 0 Å². The fourth-order valence-corrected chi connectivity index (χ4v) is 2.23. The second kappa shape index (κ2) is 5.32. The van der Waals surface area contributed by atoms with Crippen molar-refractivity contribution in [3.05, 3.63) is 29.8 Å². The van der Waals surface area contributed by atoms with Crippen LogP contribution >= 0.6 is 0 Å². The van der Waals surface area contributed by atoms with Crippen molar-refractivity contribution in [2.75, 3.05) is 20.2 Å². The second-order valence-electron chi connectivity index (χ2n) is 4.31. The van der Waals surface area contributed by atoms with E-state index in [0.29, 0.717) is 5.92 Å². The molecule has 3 nitrogen and oxygen atoms in total. The molecule has 0 radical (unpaired) electrons. The summed E-state index contributed by atoms with van der Waals surface area (Å²) in [5.74, 6) is 1.22. The van der Waals surface area contributed by atoms with Crippen molar-refractivity contribution in [1.29, 1.82) is 0 Å². The van der Waals surface area contributed by atoms with Crippen LogP contribution in [-0.4, -0.2) is 25.3 Å². The van der Waals surface area contributed by atoms with Crippen LogP contribution in [0.25, 0.3) is 0 Å². The van der Waals surface area contributed by atoms with E-state index in [9.17, 15) is 5.11 Å². The van der Waals surface area contributed by atoms with Gasteiger partial charge in [0.15, 0.2) is 0 Å². The lowest BCUT2D eigenvalue weighted by molar-refractivity contribution is 0.0889. The molecule has 1 aromatic rings. The first-order chi connectivity index (χ1) is 7.81. The van der Waals surface area contributed by atoms with E-state index in [1.165, 1.54) is 0 Å². The fourth-order valence-electron chi connectivity index (χ4n) is 2.23. The molecule has 16 heavy (non-hydrogen) atoms. The normalized spacial score (nSPS) is 19.4. The van der Waals surface area contributed by atoms with Gasteiger partial charge >= 0.3 is 0 Å². The third-order valence-corrected chi connectivity index (χ3v) is 3.29. The highest BCUT2D eigenvalue weighted by Crippen LogP contribution is 2.29. The third-order valence-electron chi connectivity index (χ3n) is 3.29. The van der Waals surface area contributed by atoms with Gasteiger partial charge in [-0.25, -0.2) is 0 Å². The third kappa shape index (κ3) is 2.54. The van der Waals surface area contributed by atoms with Gasteiger partial charge in [0.25, 0.3) is 0 Å². The van der Waals surface area contributed by atoms with Crippen LogP contribution in [0.1, 0.15) is 24.5 Å². The fraction of sp³-hybridized carbons (Fsp3) is 0.538. The number of benzene rings is 1. The average molecular weight is 221 g/mol. The maximum absolute atomic E-state index is 10.2. The minimum absolute atomic E-state index is 0.340. The number of aliphatic hydroxyl groups is 1. The lowest BCUT2D eigenvalue weighted by Gasteiger charge is -2.27. The van der Waals surface area contributed by atoms with Crippen LogP contribution < -0.4 is 10.1 Å². The first-order valence-electron chi connectivity index (χ1n) is 5.84. The molecule has 0 amide bonds. The van der Waals surface area contributed by atoms with Crippen molar-refractivity contribution in [3.8, 4) is 5.75 Å². The monoisotopic (exact) mass is 221 g/mol. The van der Waals surface area contributed by atoms with Gasteiger partial charge in [-0.1, -0.05) is 12.1 Å². The lowest BCUT2D eigenvalue weighted by atomic mass is 9.88. The zero-order chi connectivity index (χ0) is 11.4. The number of rotatable bonds is 3. The Kier molecular flexibility index (Phi) is 3.80. The Morgan fingerprint density at radius 3 is 2.44 bits per heavy atom. The molecule has 0 aliphatic carbocycles. The quantitative estimate of drug-likeness (QED) is 0.816. The number of methoxy groups -OCH3 is 1. The van der Waals surface area contributed by atoms with E-state index < -0.39 is 0 Å². The van der Waals surface area contributed by atoms with Crippen molar-refractivity contribution in [2.45, 2.75) is 18.9 Å². The molecular weight excluding hydrogens is 202 g/mol. The van der Waals surface area contributed by atoms with Crippen LogP contribution in [0.5, 0.6) is 5.75 Å². The summed E-state index contributed by atoms with van der Waals surface area (Å²) in [6.07, 6.45) is 1.76. The zero-order valence-corrected chi connectivity index (χ0v) is 9.65. The molecule has 1 saturated heterocycles. The second-order valence-corrected chi connectivity index (χ2v) is 4.31. The molecule has 1 aliphatic rings. The highest BCUT2D eigenvalue weighted by molar-refractivity contribution is 5.28. The van der Waals surface area contributed by atoms with E-state index in [1.54, 1.807) is 7.11 Å². The van der Waals surface area contributed by atoms with Gasteiger partial charge in [0.2, 0.25) is 0 Å². The van der Waals surface area contributed by atoms with Gasteiger partial charge in [-0.3, -0.25) is 0 Å².